The Kier molecular flexibility index (Phi) is 9.22. The number of piperidine rings is 1. The van der Waals surface area contributed by atoms with Gasteiger partial charge in [0, 0.05) is 27.9 Å². The van der Waals surface area contributed by atoms with Crippen LogP contribution in [0.1, 0.15) is 63.2 Å². The van der Waals surface area contributed by atoms with Crippen molar-refractivity contribution in [3.63, 3.8) is 0 Å². The highest BCUT2D eigenvalue weighted by Crippen LogP contribution is 2.39. The molecular weight excluding hydrogens is 469 g/mol. The third kappa shape index (κ3) is 7.32. The first-order valence-corrected chi connectivity index (χ1v) is 12.6. The van der Waals surface area contributed by atoms with Gasteiger partial charge in [-0.2, -0.15) is 0 Å². The molecule has 1 saturated heterocycles. The third-order valence-corrected chi connectivity index (χ3v) is 6.95. The average Bonchev–Trinajstić information content (AvgIpc) is 2.77. The van der Waals surface area contributed by atoms with E-state index in [1.807, 2.05) is 48.5 Å². The molecule has 0 saturated carbocycles. The summed E-state index contributed by atoms with van der Waals surface area (Å²) in [5.41, 5.74) is 1.17. The maximum Gasteiger partial charge on any atom is 0.223 e. The molecule has 0 aliphatic carbocycles. The molecule has 3 rings (SSSR count). The van der Waals surface area contributed by atoms with E-state index in [2.05, 4.69) is 24.9 Å². The summed E-state index contributed by atoms with van der Waals surface area (Å²) < 4.78 is 6.20. The molecule has 1 heterocycles. The highest BCUT2D eigenvalue weighted by molar-refractivity contribution is 6.30. The molecule has 184 valence electrons. The van der Waals surface area contributed by atoms with Gasteiger partial charge in [0.05, 0.1) is 18.3 Å². The molecule has 2 aromatic carbocycles. The fourth-order valence-electron chi connectivity index (χ4n) is 4.73. The average molecular weight is 504 g/mol. The van der Waals surface area contributed by atoms with E-state index in [4.69, 9.17) is 27.9 Å². The summed E-state index contributed by atoms with van der Waals surface area (Å²) in [6.45, 7) is 9.63. The van der Waals surface area contributed by atoms with Gasteiger partial charge in [-0.15, -0.1) is 6.58 Å². The van der Waals surface area contributed by atoms with Crippen molar-refractivity contribution in [2.75, 3.05) is 6.61 Å². The lowest BCUT2D eigenvalue weighted by atomic mass is 9.73. The number of amides is 1. The first kappa shape index (κ1) is 26.7. The number of carbonyl (C=O) groups is 1. The maximum atomic E-state index is 12.9. The second kappa shape index (κ2) is 11.7. The Bertz CT molecular complexity index is 970. The molecule has 0 bridgehead atoms. The van der Waals surface area contributed by atoms with E-state index in [0.29, 0.717) is 22.9 Å². The Hall–Kier alpha value is -1.85. The zero-order valence-corrected chi connectivity index (χ0v) is 21.6. The SMILES string of the molecule is C=CC[C@H]1C[C@H](c2cccc(Cl)c2)[C@H](C(C)C[C@H](OCC(C)(C)O)c2ccc(Cl)cc2)NC1=O. The van der Waals surface area contributed by atoms with Crippen molar-refractivity contribution in [3.05, 3.63) is 82.4 Å². The van der Waals surface area contributed by atoms with Crippen molar-refractivity contribution >= 4 is 29.1 Å². The molecule has 1 aliphatic rings. The molecule has 34 heavy (non-hydrogen) atoms. The summed E-state index contributed by atoms with van der Waals surface area (Å²) in [6, 6.07) is 15.4. The summed E-state index contributed by atoms with van der Waals surface area (Å²) >= 11 is 12.4. The van der Waals surface area contributed by atoms with Gasteiger partial charge >= 0.3 is 0 Å². The summed E-state index contributed by atoms with van der Waals surface area (Å²) in [7, 11) is 0. The summed E-state index contributed by atoms with van der Waals surface area (Å²) in [5, 5.41) is 14.9. The highest BCUT2D eigenvalue weighted by atomic mass is 35.5. The van der Waals surface area contributed by atoms with Crippen LogP contribution >= 0.6 is 23.2 Å². The second-order valence-electron chi connectivity index (χ2n) is 10.0. The van der Waals surface area contributed by atoms with Gasteiger partial charge in [0.25, 0.3) is 0 Å². The van der Waals surface area contributed by atoms with Gasteiger partial charge in [0.15, 0.2) is 0 Å². The first-order valence-electron chi connectivity index (χ1n) is 11.8. The Balaban J connectivity index is 1.87. The van der Waals surface area contributed by atoms with E-state index < -0.39 is 5.60 Å². The number of nitrogens with one attached hydrogen (secondary N) is 1. The summed E-state index contributed by atoms with van der Waals surface area (Å²) in [6.07, 6.45) is 3.62. The Morgan fingerprint density at radius 2 is 1.91 bits per heavy atom. The molecule has 6 heteroatoms. The number of allylic oxidation sites excluding steroid dienone is 1. The molecule has 1 aliphatic heterocycles. The molecule has 1 amide bonds. The van der Waals surface area contributed by atoms with Gasteiger partial charge < -0.3 is 15.2 Å². The van der Waals surface area contributed by atoms with E-state index in [-0.39, 0.29) is 42.4 Å². The normalized spacial score (nSPS) is 22.6. The molecule has 2 N–H and O–H groups in total. The van der Waals surface area contributed by atoms with Crippen LogP contribution in [0.2, 0.25) is 10.0 Å². The van der Waals surface area contributed by atoms with Crippen molar-refractivity contribution in [1.82, 2.24) is 5.32 Å². The Morgan fingerprint density at radius 1 is 1.21 bits per heavy atom. The van der Waals surface area contributed by atoms with E-state index in [0.717, 1.165) is 17.5 Å². The van der Waals surface area contributed by atoms with Crippen LogP contribution in [0.4, 0.5) is 0 Å². The molecule has 0 spiro atoms. The van der Waals surface area contributed by atoms with Gasteiger partial charge in [-0.25, -0.2) is 0 Å². The van der Waals surface area contributed by atoms with E-state index in [9.17, 15) is 9.90 Å². The van der Waals surface area contributed by atoms with Crippen LogP contribution in [0.15, 0.2) is 61.2 Å². The summed E-state index contributed by atoms with van der Waals surface area (Å²) in [5.74, 6) is 0.176. The zero-order chi connectivity index (χ0) is 24.9. The predicted molar refractivity (Wildman–Crippen MR) is 139 cm³/mol. The molecule has 2 aromatic rings. The zero-order valence-electron chi connectivity index (χ0n) is 20.1. The number of ether oxygens (including phenoxy) is 1. The smallest absolute Gasteiger partial charge is 0.223 e. The van der Waals surface area contributed by atoms with Crippen LogP contribution in [-0.4, -0.2) is 29.3 Å². The van der Waals surface area contributed by atoms with Crippen molar-refractivity contribution in [2.24, 2.45) is 11.8 Å². The van der Waals surface area contributed by atoms with Gasteiger partial charge in [0.2, 0.25) is 5.91 Å². The second-order valence-corrected chi connectivity index (χ2v) is 10.9. The Morgan fingerprint density at radius 3 is 2.53 bits per heavy atom. The summed E-state index contributed by atoms with van der Waals surface area (Å²) in [4.78, 5) is 12.9. The molecular formula is C28H35Cl2NO3. The standard InChI is InChI=1S/C28H35Cl2NO3/c1-5-7-21-16-24(20-8-6-9-23(30)15-20)26(31-27(21)32)18(2)14-25(34-17-28(3,4)33)19-10-12-22(29)13-11-19/h5-6,8-13,15,18,21,24-26,33H,1,7,14,16-17H2,2-4H3,(H,31,32)/t18?,21-,24+,25-,26-/m0/s1. The Labute approximate surface area is 213 Å². The number of hydrogen-bond acceptors (Lipinski definition) is 3. The topological polar surface area (TPSA) is 58.6 Å². The lowest BCUT2D eigenvalue weighted by molar-refractivity contribution is -0.129. The molecule has 1 unspecified atom stereocenters. The first-order chi connectivity index (χ1) is 16.1. The minimum absolute atomic E-state index is 0.0653. The molecule has 1 fully saturated rings. The molecule has 0 radical (unpaired) electrons. The van der Waals surface area contributed by atoms with Crippen molar-refractivity contribution in [1.29, 1.82) is 0 Å². The minimum Gasteiger partial charge on any atom is -0.388 e. The minimum atomic E-state index is -0.950. The maximum absolute atomic E-state index is 12.9. The predicted octanol–water partition coefficient (Wildman–Crippen LogP) is 6.71. The van der Waals surface area contributed by atoms with Crippen LogP contribution in [0.5, 0.6) is 0 Å². The van der Waals surface area contributed by atoms with Gasteiger partial charge in [-0.1, -0.05) is 60.5 Å². The van der Waals surface area contributed by atoms with Crippen LogP contribution < -0.4 is 5.32 Å². The molecule has 4 nitrogen and oxygen atoms in total. The van der Waals surface area contributed by atoms with Crippen molar-refractivity contribution in [3.8, 4) is 0 Å². The largest absolute Gasteiger partial charge is 0.388 e. The lowest BCUT2D eigenvalue weighted by Crippen LogP contribution is -2.51. The van der Waals surface area contributed by atoms with Crippen molar-refractivity contribution < 1.29 is 14.6 Å². The van der Waals surface area contributed by atoms with Crippen LogP contribution in [0.25, 0.3) is 0 Å². The fraction of sp³-hybridized carbons (Fsp3) is 0.464. The fourth-order valence-corrected chi connectivity index (χ4v) is 5.06. The highest BCUT2D eigenvalue weighted by Gasteiger charge is 2.39. The van der Waals surface area contributed by atoms with Crippen LogP contribution in [0, 0.1) is 11.8 Å². The third-order valence-electron chi connectivity index (χ3n) is 6.46. The van der Waals surface area contributed by atoms with Gasteiger partial charge in [-0.3, -0.25) is 4.79 Å². The van der Waals surface area contributed by atoms with Gasteiger partial charge in [0.1, 0.15) is 0 Å². The van der Waals surface area contributed by atoms with E-state index in [1.165, 1.54) is 0 Å². The molecule has 0 aromatic heterocycles. The van der Waals surface area contributed by atoms with Crippen molar-refractivity contribution in [2.45, 2.75) is 63.7 Å². The van der Waals surface area contributed by atoms with E-state index in [1.54, 1.807) is 13.8 Å². The number of aliphatic hydroxyl groups is 1. The van der Waals surface area contributed by atoms with Crippen LogP contribution in [-0.2, 0) is 9.53 Å². The number of hydrogen-bond donors (Lipinski definition) is 2. The van der Waals surface area contributed by atoms with Crippen LogP contribution in [0.3, 0.4) is 0 Å². The number of benzene rings is 2. The van der Waals surface area contributed by atoms with E-state index >= 15 is 0 Å². The van der Waals surface area contributed by atoms with Gasteiger partial charge in [-0.05, 0) is 74.4 Å². The quantitative estimate of drug-likeness (QED) is 0.354. The number of carbonyl (C=O) groups excluding carboxylic acids is 1. The lowest BCUT2D eigenvalue weighted by Gasteiger charge is -2.41. The number of rotatable bonds is 10. The number of halogens is 2. The molecule has 5 atom stereocenters. The monoisotopic (exact) mass is 503 g/mol.